The van der Waals surface area contributed by atoms with Crippen LogP contribution in [0.25, 0.3) is 5.69 Å². The number of ether oxygens (including phenoxy) is 2. The predicted molar refractivity (Wildman–Crippen MR) is 97.8 cm³/mol. The molecule has 0 aliphatic rings. The molecule has 130 valence electrons. The van der Waals surface area contributed by atoms with E-state index in [2.05, 4.69) is 15.5 Å². The maximum Gasteiger partial charge on any atom is 0.214 e. The Morgan fingerprint density at radius 1 is 1.08 bits per heavy atom. The summed E-state index contributed by atoms with van der Waals surface area (Å²) in [5.74, 6) is 2.35. The standard InChI is InChI=1S/C18H20N4O2S/c1-13-5-4-6-15(11-13)24-9-10-25-18-19-20-21-22(18)16-12-14(2)7-8-17(16)23-3/h4-8,11-12H,9-10H2,1-3H3. The molecule has 3 aromatic rings. The van der Waals surface area contributed by atoms with Gasteiger partial charge in [-0.2, -0.15) is 4.68 Å². The van der Waals surface area contributed by atoms with Gasteiger partial charge in [0, 0.05) is 5.75 Å². The van der Waals surface area contributed by atoms with Crippen molar-refractivity contribution in [2.24, 2.45) is 0 Å². The monoisotopic (exact) mass is 356 g/mol. The summed E-state index contributed by atoms with van der Waals surface area (Å²) >= 11 is 1.54. The second kappa shape index (κ2) is 8.02. The van der Waals surface area contributed by atoms with Crippen molar-refractivity contribution in [3.63, 3.8) is 0 Å². The van der Waals surface area contributed by atoms with Crippen molar-refractivity contribution in [1.29, 1.82) is 0 Å². The van der Waals surface area contributed by atoms with E-state index in [0.717, 1.165) is 28.5 Å². The summed E-state index contributed by atoms with van der Waals surface area (Å²) in [5.41, 5.74) is 3.13. The second-order valence-electron chi connectivity index (χ2n) is 5.56. The van der Waals surface area contributed by atoms with Gasteiger partial charge in [0.2, 0.25) is 5.16 Å². The maximum atomic E-state index is 5.77. The van der Waals surface area contributed by atoms with Crippen molar-refractivity contribution >= 4 is 11.8 Å². The van der Waals surface area contributed by atoms with Crippen LogP contribution in [0.15, 0.2) is 47.6 Å². The van der Waals surface area contributed by atoms with Gasteiger partial charge in [-0.3, -0.25) is 0 Å². The number of thioether (sulfide) groups is 1. The van der Waals surface area contributed by atoms with Crippen LogP contribution < -0.4 is 9.47 Å². The maximum absolute atomic E-state index is 5.77. The third-order valence-corrected chi connectivity index (χ3v) is 4.46. The number of hydrogen-bond acceptors (Lipinski definition) is 6. The quantitative estimate of drug-likeness (QED) is 0.477. The first kappa shape index (κ1) is 17.3. The lowest BCUT2D eigenvalue weighted by atomic mass is 10.2. The highest BCUT2D eigenvalue weighted by Crippen LogP contribution is 2.27. The Morgan fingerprint density at radius 2 is 1.92 bits per heavy atom. The van der Waals surface area contributed by atoms with Gasteiger partial charge in [0.1, 0.15) is 17.2 Å². The van der Waals surface area contributed by atoms with E-state index in [1.165, 1.54) is 5.56 Å². The third-order valence-electron chi connectivity index (χ3n) is 3.58. The van der Waals surface area contributed by atoms with Crippen molar-refractivity contribution in [1.82, 2.24) is 20.2 Å². The van der Waals surface area contributed by atoms with Crippen molar-refractivity contribution in [3.8, 4) is 17.2 Å². The molecule has 2 aromatic carbocycles. The van der Waals surface area contributed by atoms with E-state index < -0.39 is 0 Å². The molecule has 0 atom stereocenters. The number of rotatable bonds is 7. The molecule has 0 amide bonds. The highest BCUT2D eigenvalue weighted by atomic mass is 32.2. The van der Waals surface area contributed by atoms with Crippen molar-refractivity contribution in [3.05, 3.63) is 53.6 Å². The summed E-state index contributed by atoms with van der Waals surface area (Å²) in [6, 6.07) is 13.9. The highest BCUT2D eigenvalue weighted by Gasteiger charge is 2.13. The van der Waals surface area contributed by atoms with Crippen molar-refractivity contribution < 1.29 is 9.47 Å². The molecule has 0 aliphatic carbocycles. The molecule has 0 radical (unpaired) electrons. The van der Waals surface area contributed by atoms with E-state index in [1.807, 2.05) is 56.3 Å². The lowest BCUT2D eigenvalue weighted by molar-refractivity contribution is 0.343. The van der Waals surface area contributed by atoms with Crippen molar-refractivity contribution in [2.45, 2.75) is 19.0 Å². The molecule has 25 heavy (non-hydrogen) atoms. The zero-order valence-corrected chi connectivity index (χ0v) is 15.3. The molecule has 0 fully saturated rings. The lowest BCUT2D eigenvalue weighted by Crippen LogP contribution is -2.05. The highest BCUT2D eigenvalue weighted by molar-refractivity contribution is 7.99. The van der Waals surface area contributed by atoms with Crippen LogP contribution in [0.3, 0.4) is 0 Å². The first-order valence-electron chi connectivity index (χ1n) is 7.93. The van der Waals surface area contributed by atoms with E-state index in [1.54, 1.807) is 23.6 Å². The first-order valence-corrected chi connectivity index (χ1v) is 8.91. The minimum absolute atomic E-state index is 0.575. The fourth-order valence-corrected chi connectivity index (χ4v) is 3.08. The van der Waals surface area contributed by atoms with Gasteiger partial charge in [-0.25, -0.2) is 0 Å². The Hall–Kier alpha value is -2.54. The number of benzene rings is 2. The molecule has 0 spiro atoms. The SMILES string of the molecule is COc1ccc(C)cc1-n1nnnc1SCCOc1cccc(C)c1. The molecule has 1 heterocycles. The van der Waals surface area contributed by atoms with Gasteiger partial charge in [0.05, 0.1) is 13.7 Å². The van der Waals surface area contributed by atoms with Crippen LogP contribution in [0.5, 0.6) is 11.5 Å². The molecule has 1 aromatic heterocycles. The van der Waals surface area contributed by atoms with Crippen molar-refractivity contribution in [2.75, 3.05) is 19.5 Å². The molecule has 6 nitrogen and oxygen atoms in total. The lowest BCUT2D eigenvalue weighted by Gasteiger charge is -2.10. The Labute approximate surface area is 151 Å². The summed E-state index contributed by atoms with van der Waals surface area (Å²) in [6.07, 6.45) is 0. The summed E-state index contributed by atoms with van der Waals surface area (Å²) < 4.78 is 12.9. The Balaban J connectivity index is 1.65. The molecule has 0 bridgehead atoms. The number of aromatic nitrogens is 4. The summed E-state index contributed by atoms with van der Waals surface area (Å²) in [6.45, 7) is 4.65. The Bertz CT molecular complexity index is 851. The molecule has 0 saturated heterocycles. The van der Waals surface area contributed by atoms with Crippen LogP contribution >= 0.6 is 11.8 Å². The number of aryl methyl sites for hydroxylation is 2. The van der Waals surface area contributed by atoms with Crippen LogP contribution in [0.2, 0.25) is 0 Å². The summed E-state index contributed by atoms with van der Waals surface area (Å²) in [7, 11) is 1.64. The predicted octanol–water partition coefficient (Wildman–Crippen LogP) is 3.46. The molecular formula is C18H20N4O2S. The van der Waals surface area contributed by atoms with Gasteiger partial charge in [-0.1, -0.05) is 30.0 Å². The normalized spacial score (nSPS) is 10.7. The topological polar surface area (TPSA) is 62.1 Å². The zero-order chi connectivity index (χ0) is 17.6. The third kappa shape index (κ3) is 4.30. The van der Waals surface area contributed by atoms with Gasteiger partial charge < -0.3 is 9.47 Å². The van der Waals surface area contributed by atoms with Crippen LogP contribution in [0, 0.1) is 13.8 Å². The zero-order valence-electron chi connectivity index (χ0n) is 14.5. The fourth-order valence-electron chi connectivity index (χ4n) is 2.38. The van der Waals surface area contributed by atoms with Crippen LogP contribution in [-0.2, 0) is 0 Å². The first-order chi connectivity index (χ1) is 12.2. The minimum Gasteiger partial charge on any atom is -0.494 e. The molecule has 3 rings (SSSR count). The van der Waals surface area contributed by atoms with Crippen LogP contribution in [-0.4, -0.2) is 39.7 Å². The van der Waals surface area contributed by atoms with E-state index in [0.29, 0.717) is 11.8 Å². The number of nitrogens with zero attached hydrogens (tertiary/aromatic N) is 4. The Kier molecular flexibility index (Phi) is 5.55. The van der Waals surface area contributed by atoms with Gasteiger partial charge in [0.25, 0.3) is 0 Å². The second-order valence-corrected chi connectivity index (χ2v) is 6.62. The number of methoxy groups -OCH3 is 1. The molecule has 0 unspecified atom stereocenters. The van der Waals surface area contributed by atoms with Gasteiger partial charge in [-0.15, -0.1) is 5.10 Å². The largest absolute Gasteiger partial charge is 0.494 e. The average Bonchev–Trinajstić information content (AvgIpc) is 3.07. The minimum atomic E-state index is 0.575. The van der Waals surface area contributed by atoms with Gasteiger partial charge >= 0.3 is 0 Å². The molecule has 7 heteroatoms. The average molecular weight is 356 g/mol. The van der Waals surface area contributed by atoms with E-state index in [9.17, 15) is 0 Å². The fraction of sp³-hybridized carbons (Fsp3) is 0.278. The molecule has 0 saturated carbocycles. The van der Waals surface area contributed by atoms with Crippen LogP contribution in [0.1, 0.15) is 11.1 Å². The van der Waals surface area contributed by atoms with E-state index in [4.69, 9.17) is 9.47 Å². The number of hydrogen-bond donors (Lipinski definition) is 0. The molecule has 0 aliphatic heterocycles. The summed E-state index contributed by atoms with van der Waals surface area (Å²) in [5, 5.41) is 12.7. The molecular weight excluding hydrogens is 336 g/mol. The Morgan fingerprint density at radius 3 is 2.72 bits per heavy atom. The van der Waals surface area contributed by atoms with E-state index in [-0.39, 0.29) is 0 Å². The van der Waals surface area contributed by atoms with Crippen LogP contribution in [0.4, 0.5) is 0 Å². The number of tetrazole rings is 1. The summed E-state index contributed by atoms with van der Waals surface area (Å²) in [4.78, 5) is 0. The van der Waals surface area contributed by atoms with E-state index >= 15 is 0 Å². The molecule has 0 N–H and O–H groups in total. The van der Waals surface area contributed by atoms with Gasteiger partial charge in [0.15, 0.2) is 0 Å². The van der Waals surface area contributed by atoms with Gasteiger partial charge in [-0.05, 0) is 59.7 Å². The smallest absolute Gasteiger partial charge is 0.214 e.